The minimum atomic E-state index is -3.86. The minimum Gasteiger partial charge on any atom is -0.381 e. The standard InChI is InChI=1S/C24H29NO5S2/c1-17-15-20-23(16-22(17)32(28,29)25-18-9-13-30-14-10-18)31(26,27)21-8-4-3-7-19(21)24(20)11-5-2-6-12-24/h3-4,7-8,15-16,18,25H,2,5-6,9-14H2,1H3. The molecule has 8 heteroatoms. The average molecular weight is 476 g/mol. The van der Waals surface area contributed by atoms with E-state index in [4.69, 9.17) is 4.74 Å². The van der Waals surface area contributed by atoms with Gasteiger partial charge in [-0.3, -0.25) is 0 Å². The van der Waals surface area contributed by atoms with Crippen LogP contribution in [0, 0.1) is 6.92 Å². The van der Waals surface area contributed by atoms with Crippen LogP contribution in [0.5, 0.6) is 0 Å². The van der Waals surface area contributed by atoms with Gasteiger partial charge < -0.3 is 4.74 Å². The van der Waals surface area contributed by atoms with Crippen molar-refractivity contribution >= 4 is 19.9 Å². The first-order valence-electron chi connectivity index (χ1n) is 11.4. The van der Waals surface area contributed by atoms with Crippen LogP contribution in [0.25, 0.3) is 0 Å². The van der Waals surface area contributed by atoms with E-state index in [0.29, 0.717) is 36.5 Å². The predicted molar refractivity (Wildman–Crippen MR) is 121 cm³/mol. The van der Waals surface area contributed by atoms with Gasteiger partial charge in [0.05, 0.1) is 14.7 Å². The summed E-state index contributed by atoms with van der Waals surface area (Å²) in [5.74, 6) is 0. The van der Waals surface area contributed by atoms with E-state index in [2.05, 4.69) is 4.72 Å². The molecule has 1 spiro atoms. The Bertz CT molecular complexity index is 1260. The average Bonchev–Trinajstić information content (AvgIpc) is 2.79. The Morgan fingerprint density at radius 1 is 0.969 bits per heavy atom. The molecule has 1 saturated heterocycles. The van der Waals surface area contributed by atoms with E-state index >= 15 is 0 Å². The van der Waals surface area contributed by atoms with Crippen LogP contribution in [-0.4, -0.2) is 36.1 Å². The first kappa shape index (κ1) is 22.1. The summed E-state index contributed by atoms with van der Waals surface area (Å²) < 4.78 is 62.0. The number of aryl methyl sites for hydroxylation is 1. The van der Waals surface area contributed by atoms with Gasteiger partial charge in [0.1, 0.15) is 0 Å². The van der Waals surface area contributed by atoms with Gasteiger partial charge in [0.25, 0.3) is 0 Å². The van der Waals surface area contributed by atoms with Crippen molar-refractivity contribution in [2.75, 3.05) is 13.2 Å². The number of fused-ring (bicyclic) bond motifs is 4. The zero-order valence-corrected chi connectivity index (χ0v) is 19.9. The number of ether oxygens (including phenoxy) is 1. The molecule has 2 aromatic rings. The molecule has 1 N–H and O–H groups in total. The van der Waals surface area contributed by atoms with Gasteiger partial charge in [0.15, 0.2) is 0 Å². The molecule has 2 heterocycles. The summed E-state index contributed by atoms with van der Waals surface area (Å²) in [6.07, 6.45) is 6.15. The van der Waals surface area contributed by atoms with Crippen LogP contribution >= 0.6 is 0 Å². The van der Waals surface area contributed by atoms with Gasteiger partial charge in [-0.2, -0.15) is 0 Å². The number of benzene rings is 2. The molecule has 0 unspecified atom stereocenters. The zero-order chi connectivity index (χ0) is 22.6. The molecule has 3 aliphatic rings. The van der Waals surface area contributed by atoms with Gasteiger partial charge in [0, 0.05) is 24.7 Å². The van der Waals surface area contributed by atoms with Gasteiger partial charge in [0.2, 0.25) is 19.9 Å². The zero-order valence-electron chi connectivity index (χ0n) is 18.3. The van der Waals surface area contributed by atoms with Gasteiger partial charge in [-0.15, -0.1) is 0 Å². The van der Waals surface area contributed by atoms with Crippen molar-refractivity contribution in [3.05, 3.63) is 53.1 Å². The van der Waals surface area contributed by atoms with E-state index in [0.717, 1.165) is 43.2 Å². The van der Waals surface area contributed by atoms with E-state index in [9.17, 15) is 16.8 Å². The topological polar surface area (TPSA) is 89.5 Å². The fraction of sp³-hybridized carbons (Fsp3) is 0.500. The lowest BCUT2D eigenvalue weighted by Gasteiger charge is -2.43. The molecule has 1 aliphatic carbocycles. The summed E-state index contributed by atoms with van der Waals surface area (Å²) >= 11 is 0. The van der Waals surface area contributed by atoms with Crippen molar-refractivity contribution in [1.29, 1.82) is 0 Å². The second kappa shape index (κ2) is 7.94. The van der Waals surface area contributed by atoms with Crippen molar-refractivity contribution in [2.45, 2.75) is 78.0 Å². The first-order valence-corrected chi connectivity index (χ1v) is 14.3. The third-order valence-electron chi connectivity index (χ3n) is 7.31. The highest BCUT2D eigenvalue weighted by molar-refractivity contribution is 7.92. The van der Waals surface area contributed by atoms with Gasteiger partial charge in [-0.05, 0) is 61.4 Å². The quantitative estimate of drug-likeness (QED) is 0.728. The van der Waals surface area contributed by atoms with Crippen molar-refractivity contribution in [1.82, 2.24) is 4.72 Å². The Kier molecular flexibility index (Phi) is 5.47. The second-order valence-corrected chi connectivity index (χ2v) is 12.8. The predicted octanol–water partition coefficient (Wildman–Crippen LogP) is 3.85. The smallest absolute Gasteiger partial charge is 0.241 e. The molecule has 1 saturated carbocycles. The Balaban J connectivity index is 1.68. The third-order valence-corrected chi connectivity index (χ3v) is 10.8. The highest BCUT2D eigenvalue weighted by Gasteiger charge is 2.47. The molecule has 5 rings (SSSR count). The van der Waals surface area contributed by atoms with Crippen LogP contribution in [0.3, 0.4) is 0 Å². The normalized spacial score (nSPS) is 22.3. The molecule has 0 aromatic heterocycles. The Morgan fingerprint density at radius 2 is 1.66 bits per heavy atom. The summed E-state index contributed by atoms with van der Waals surface area (Å²) in [5.41, 5.74) is 1.83. The summed E-state index contributed by atoms with van der Waals surface area (Å²) in [5, 5.41) is 0. The second-order valence-electron chi connectivity index (χ2n) is 9.26. The fourth-order valence-corrected chi connectivity index (χ4v) is 9.20. The fourth-order valence-electron chi connectivity index (χ4n) is 5.71. The molecule has 0 amide bonds. The molecule has 6 nitrogen and oxygen atoms in total. The monoisotopic (exact) mass is 475 g/mol. The third kappa shape index (κ3) is 3.43. The van der Waals surface area contributed by atoms with Gasteiger partial charge in [-0.1, -0.05) is 43.5 Å². The highest BCUT2D eigenvalue weighted by Crippen LogP contribution is 2.53. The molecule has 0 atom stereocenters. The van der Waals surface area contributed by atoms with E-state index in [1.54, 1.807) is 19.1 Å². The Morgan fingerprint density at radius 3 is 2.38 bits per heavy atom. The number of hydrogen-bond donors (Lipinski definition) is 1. The van der Waals surface area contributed by atoms with Gasteiger partial charge >= 0.3 is 0 Å². The van der Waals surface area contributed by atoms with Crippen molar-refractivity contribution in [2.24, 2.45) is 0 Å². The van der Waals surface area contributed by atoms with E-state index < -0.39 is 19.9 Å². The maximum Gasteiger partial charge on any atom is 0.241 e. The summed E-state index contributed by atoms with van der Waals surface area (Å²) in [6, 6.07) is 10.3. The maximum absolute atomic E-state index is 13.7. The summed E-state index contributed by atoms with van der Waals surface area (Å²) in [6.45, 7) is 2.80. The summed E-state index contributed by atoms with van der Waals surface area (Å²) in [4.78, 5) is 0.520. The molecule has 32 heavy (non-hydrogen) atoms. The molecule has 2 aromatic carbocycles. The molecule has 0 bridgehead atoms. The van der Waals surface area contributed by atoms with Crippen molar-refractivity contribution in [3.63, 3.8) is 0 Å². The minimum absolute atomic E-state index is 0.0525. The van der Waals surface area contributed by atoms with Crippen LogP contribution in [-0.2, 0) is 30.0 Å². The largest absolute Gasteiger partial charge is 0.381 e. The van der Waals surface area contributed by atoms with Crippen molar-refractivity contribution < 1.29 is 21.6 Å². The van der Waals surface area contributed by atoms with Gasteiger partial charge in [-0.25, -0.2) is 21.6 Å². The molecular weight excluding hydrogens is 446 g/mol. The Labute approximate surface area is 190 Å². The molecular formula is C24H29NO5S2. The van der Waals surface area contributed by atoms with Crippen LogP contribution in [0.4, 0.5) is 0 Å². The Hall–Kier alpha value is -1.74. The molecule has 2 aliphatic heterocycles. The SMILES string of the molecule is Cc1cc2c(cc1S(=O)(=O)NC1CCOCC1)S(=O)(=O)c1ccccc1C21CCCCC1. The maximum atomic E-state index is 13.7. The number of rotatable bonds is 3. The van der Waals surface area contributed by atoms with Crippen LogP contribution in [0.2, 0.25) is 0 Å². The number of nitrogens with one attached hydrogen (secondary N) is 1. The number of sulfonamides is 1. The molecule has 172 valence electrons. The van der Waals surface area contributed by atoms with E-state index in [1.807, 2.05) is 18.2 Å². The summed E-state index contributed by atoms with van der Waals surface area (Å²) in [7, 11) is -7.69. The number of hydrogen-bond acceptors (Lipinski definition) is 5. The first-order chi connectivity index (χ1) is 15.3. The lowest BCUT2D eigenvalue weighted by atomic mass is 9.65. The highest BCUT2D eigenvalue weighted by atomic mass is 32.2. The number of sulfone groups is 1. The van der Waals surface area contributed by atoms with Crippen LogP contribution in [0.1, 0.15) is 61.6 Å². The van der Waals surface area contributed by atoms with Crippen molar-refractivity contribution in [3.8, 4) is 0 Å². The lowest BCUT2D eigenvalue weighted by Crippen LogP contribution is -2.40. The van der Waals surface area contributed by atoms with Crippen LogP contribution in [0.15, 0.2) is 51.1 Å². The van der Waals surface area contributed by atoms with E-state index in [-0.39, 0.29) is 21.2 Å². The van der Waals surface area contributed by atoms with E-state index in [1.165, 1.54) is 6.07 Å². The molecule has 0 radical (unpaired) electrons. The van der Waals surface area contributed by atoms with Crippen LogP contribution < -0.4 is 4.72 Å². The lowest BCUT2D eigenvalue weighted by molar-refractivity contribution is 0.0832. The molecule has 2 fully saturated rings.